The molecule has 2 aliphatic carbocycles. The highest BCUT2D eigenvalue weighted by Crippen LogP contribution is 2.34. The van der Waals surface area contributed by atoms with Crippen molar-refractivity contribution >= 4 is 17.8 Å². The first-order valence-electron chi connectivity index (χ1n) is 7.90. The lowest BCUT2D eigenvalue weighted by Gasteiger charge is -2.40. The van der Waals surface area contributed by atoms with E-state index in [9.17, 15) is 19.5 Å². The van der Waals surface area contributed by atoms with Gasteiger partial charge in [-0.1, -0.05) is 19.3 Å². The topological polar surface area (TPSA) is 86.7 Å². The molecule has 0 bridgehead atoms. The molecule has 3 rings (SSSR count). The molecule has 6 nitrogen and oxygen atoms in total. The second-order valence-corrected chi connectivity index (χ2v) is 6.54. The van der Waals surface area contributed by atoms with Gasteiger partial charge in [-0.3, -0.25) is 24.6 Å². The number of hydrogen-bond acceptors (Lipinski definition) is 4. The molecular formula is C15H22N2O4. The Kier molecular flexibility index (Phi) is 3.73. The zero-order valence-electron chi connectivity index (χ0n) is 12.1. The van der Waals surface area contributed by atoms with E-state index >= 15 is 0 Å². The smallest absolute Gasteiger partial charge is 0.323 e. The molecule has 1 atom stereocenters. The maximum atomic E-state index is 12.5. The molecular weight excluding hydrogens is 272 g/mol. The van der Waals surface area contributed by atoms with Crippen LogP contribution in [0.1, 0.15) is 57.8 Å². The van der Waals surface area contributed by atoms with Gasteiger partial charge in [-0.25, -0.2) is 0 Å². The van der Waals surface area contributed by atoms with Crippen LogP contribution in [0.15, 0.2) is 0 Å². The summed E-state index contributed by atoms with van der Waals surface area (Å²) in [5.74, 6) is -1.28. The Bertz CT molecular complexity index is 466. The number of nitrogens with zero attached hydrogens (tertiary/aromatic N) is 1. The van der Waals surface area contributed by atoms with Gasteiger partial charge in [-0.2, -0.15) is 0 Å². The molecule has 0 spiro atoms. The number of rotatable bonds is 4. The van der Waals surface area contributed by atoms with E-state index in [4.69, 9.17) is 0 Å². The quantitative estimate of drug-likeness (QED) is 0.757. The highest BCUT2D eigenvalue weighted by Gasteiger charge is 2.50. The van der Waals surface area contributed by atoms with Gasteiger partial charge in [0, 0.05) is 6.04 Å². The highest BCUT2D eigenvalue weighted by molar-refractivity contribution is 6.06. The number of aliphatic carboxylic acids is 1. The number of nitrogens with one attached hydrogen (secondary N) is 1. The van der Waals surface area contributed by atoms with Crippen molar-refractivity contribution in [3.05, 3.63) is 0 Å². The Morgan fingerprint density at radius 3 is 2.33 bits per heavy atom. The van der Waals surface area contributed by atoms with E-state index in [0.29, 0.717) is 12.8 Å². The number of likely N-dealkylation sites (tertiary alicyclic amines) is 1. The molecule has 2 saturated carbocycles. The van der Waals surface area contributed by atoms with E-state index < -0.39 is 17.6 Å². The standard InChI is InChI=1S/C15H22N2O4/c18-12-9-11(16-15(14(20)21)7-4-8-15)13(19)17(12)10-5-2-1-3-6-10/h10-11,16H,1-9H2,(H,20,21). The minimum atomic E-state index is -0.997. The Morgan fingerprint density at radius 1 is 1.14 bits per heavy atom. The molecule has 6 heteroatoms. The van der Waals surface area contributed by atoms with Crippen molar-refractivity contribution in [1.29, 1.82) is 0 Å². The normalized spacial score (nSPS) is 29.5. The van der Waals surface area contributed by atoms with Gasteiger partial charge in [0.15, 0.2) is 0 Å². The molecule has 21 heavy (non-hydrogen) atoms. The predicted molar refractivity (Wildman–Crippen MR) is 74.5 cm³/mol. The molecule has 0 aromatic heterocycles. The van der Waals surface area contributed by atoms with Crippen molar-refractivity contribution in [2.24, 2.45) is 0 Å². The van der Waals surface area contributed by atoms with Gasteiger partial charge in [0.25, 0.3) is 0 Å². The minimum Gasteiger partial charge on any atom is -0.480 e. The van der Waals surface area contributed by atoms with E-state index in [1.54, 1.807) is 0 Å². The fraction of sp³-hybridized carbons (Fsp3) is 0.800. The number of imide groups is 1. The van der Waals surface area contributed by atoms with E-state index in [2.05, 4.69) is 5.32 Å². The lowest BCUT2D eigenvalue weighted by Crippen LogP contribution is -2.61. The summed E-state index contributed by atoms with van der Waals surface area (Å²) >= 11 is 0. The summed E-state index contributed by atoms with van der Waals surface area (Å²) in [6, 6.07) is -0.636. The van der Waals surface area contributed by atoms with E-state index in [-0.39, 0.29) is 24.3 Å². The third-order valence-electron chi connectivity index (χ3n) is 5.19. The first-order chi connectivity index (χ1) is 10.0. The molecule has 0 aromatic rings. The summed E-state index contributed by atoms with van der Waals surface area (Å²) in [6.07, 6.45) is 7.05. The zero-order valence-corrected chi connectivity index (χ0v) is 12.1. The summed E-state index contributed by atoms with van der Waals surface area (Å²) in [4.78, 5) is 37.5. The Balaban J connectivity index is 1.69. The van der Waals surface area contributed by atoms with Gasteiger partial charge in [0.05, 0.1) is 12.5 Å². The maximum absolute atomic E-state index is 12.5. The average Bonchev–Trinajstić information content (AvgIpc) is 2.69. The van der Waals surface area contributed by atoms with Gasteiger partial charge in [-0.15, -0.1) is 0 Å². The van der Waals surface area contributed by atoms with Crippen molar-refractivity contribution in [3.63, 3.8) is 0 Å². The van der Waals surface area contributed by atoms with E-state index in [1.807, 2.05) is 0 Å². The van der Waals surface area contributed by atoms with Crippen molar-refractivity contribution in [1.82, 2.24) is 10.2 Å². The molecule has 3 fully saturated rings. The van der Waals surface area contributed by atoms with Gasteiger partial charge >= 0.3 is 5.97 Å². The van der Waals surface area contributed by atoms with Crippen molar-refractivity contribution in [2.75, 3.05) is 0 Å². The van der Waals surface area contributed by atoms with E-state index in [1.165, 1.54) is 4.90 Å². The average molecular weight is 294 g/mol. The fourth-order valence-electron chi connectivity index (χ4n) is 3.77. The molecule has 1 heterocycles. The number of amides is 2. The van der Waals surface area contributed by atoms with Gasteiger partial charge in [0.1, 0.15) is 5.54 Å². The van der Waals surface area contributed by atoms with Crippen molar-refractivity contribution in [3.8, 4) is 0 Å². The fourth-order valence-corrected chi connectivity index (χ4v) is 3.77. The second-order valence-electron chi connectivity index (χ2n) is 6.54. The Labute approximate surface area is 123 Å². The third-order valence-corrected chi connectivity index (χ3v) is 5.19. The number of carboxylic acids is 1. The molecule has 0 radical (unpaired) electrons. The van der Waals surface area contributed by atoms with Crippen LogP contribution in [0.25, 0.3) is 0 Å². The molecule has 1 unspecified atom stereocenters. The van der Waals surface area contributed by atoms with Crippen molar-refractivity contribution < 1.29 is 19.5 Å². The van der Waals surface area contributed by atoms with Crippen LogP contribution in [0.4, 0.5) is 0 Å². The minimum absolute atomic E-state index is 0.0210. The summed E-state index contributed by atoms with van der Waals surface area (Å²) in [5, 5.41) is 12.3. The Hall–Kier alpha value is -1.43. The molecule has 2 amide bonds. The molecule has 3 aliphatic rings. The Morgan fingerprint density at radius 2 is 1.81 bits per heavy atom. The van der Waals surface area contributed by atoms with Crippen LogP contribution in [0.5, 0.6) is 0 Å². The van der Waals surface area contributed by atoms with E-state index in [0.717, 1.165) is 38.5 Å². The highest BCUT2D eigenvalue weighted by atomic mass is 16.4. The number of carboxylic acid groups (broad SMARTS) is 1. The first kappa shape index (κ1) is 14.5. The number of hydrogen-bond donors (Lipinski definition) is 2. The van der Waals surface area contributed by atoms with Crippen LogP contribution in [0, 0.1) is 0 Å². The summed E-state index contributed by atoms with van der Waals surface area (Å²) < 4.78 is 0. The second kappa shape index (κ2) is 5.40. The van der Waals surface area contributed by atoms with Crippen molar-refractivity contribution in [2.45, 2.75) is 75.4 Å². The summed E-state index contributed by atoms with van der Waals surface area (Å²) in [5.41, 5.74) is -0.997. The molecule has 1 saturated heterocycles. The van der Waals surface area contributed by atoms with Gasteiger partial charge < -0.3 is 5.11 Å². The van der Waals surface area contributed by atoms with Crippen LogP contribution >= 0.6 is 0 Å². The largest absolute Gasteiger partial charge is 0.480 e. The molecule has 2 N–H and O–H groups in total. The number of carbonyl (C=O) groups excluding carboxylic acids is 2. The van der Waals surface area contributed by atoms with Crippen LogP contribution in [-0.4, -0.2) is 45.4 Å². The van der Waals surface area contributed by atoms with Gasteiger partial charge in [0.2, 0.25) is 11.8 Å². The SMILES string of the molecule is O=C1CC(NC2(C(=O)O)CCC2)C(=O)N1C1CCCCC1. The van der Waals surface area contributed by atoms with Crippen LogP contribution in [0.3, 0.4) is 0 Å². The molecule has 1 aliphatic heterocycles. The summed E-state index contributed by atoms with van der Waals surface area (Å²) in [6.45, 7) is 0. The lowest BCUT2D eigenvalue weighted by molar-refractivity contribution is -0.150. The lowest BCUT2D eigenvalue weighted by atomic mass is 9.76. The predicted octanol–water partition coefficient (Wildman–Crippen LogP) is 1.04. The van der Waals surface area contributed by atoms with Crippen LogP contribution in [0.2, 0.25) is 0 Å². The third kappa shape index (κ3) is 2.46. The zero-order chi connectivity index (χ0) is 15.0. The number of carbonyl (C=O) groups is 3. The summed E-state index contributed by atoms with van der Waals surface area (Å²) in [7, 11) is 0. The first-order valence-corrected chi connectivity index (χ1v) is 7.90. The van der Waals surface area contributed by atoms with Gasteiger partial charge in [-0.05, 0) is 32.1 Å². The maximum Gasteiger partial charge on any atom is 0.323 e. The van der Waals surface area contributed by atoms with Crippen LogP contribution in [-0.2, 0) is 14.4 Å². The molecule has 116 valence electrons. The molecule has 0 aromatic carbocycles. The monoisotopic (exact) mass is 294 g/mol. The van der Waals surface area contributed by atoms with Crippen LogP contribution < -0.4 is 5.32 Å².